The second-order valence-electron chi connectivity index (χ2n) is 5.50. The summed E-state index contributed by atoms with van der Waals surface area (Å²) >= 11 is 0. The molecule has 0 radical (unpaired) electrons. The molecule has 2 N–H and O–H groups in total. The van der Waals surface area contributed by atoms with Gasteiger partial charge in [0.05, 0.1) is 17.8 Å². The Balaban J connectivity index is 1.74. The topological polar surface area (TPSA) is 51.4 Å². The van der Waals surface area contributed by atoms with Gasteiger partial charge in [-0.1, -0.05) is 24.3 Å². The molecule has 1 aliphatic rings. The van der Waals surface area contributed by atoms with E-state index in [0.29, 0.717) is 0 Å². The van der Waals surface area contributed by atoms with Gasteiger partial charge in [-0.05, 0) is 24.1 Å². The summed E-state index contributed by atoms with van der Waals surface area (Å²) in [5, 5.41) is 1.03. The Kier molecular flexibility index (Phi) is 4.18. The minimum absolute atomic E-state index is 0.745. The Hall–Kier alpha value is -1.91. The summed E-state index contributed by atoms with van der Waals surface area (Å²) in [6, 6.07) is 10.0. The zero-order valence-corrected chi connectivity index (χ0v) is 12.4. The van der Waals surface area contributed by atoms with Crippen LogP contribution in [0.5, 0.6) is 0 Å². The SMILES string of the molecule is COCC1=CCN(Cc2cc(N)c3ccccc3n2)CC1. The third-order valence-corrected chi connectivity index (χ3v) is 3.90. The fraction of sp³-hybridized carbons (Fsp3) is 0.353. The normalized spacial score (nSPS) is 16.1. The van der Waals surface area contributed by atoms with Crippen molar-refractivity contribution in [3.63, 3.8) is 0 Å². The number of nitrogens with zero attached hydrogens (tertiary/aromatic N) is 2. The molecule has 0 bridgehead atoms. The number of ether oxygens (including phenoxy) is 1. The number of para-hydroxylation sites is 1. The molecule has 4 heteroatoms. The molecule has 1 aliphatic heterocycles. The van der Waals surface area contributed by atoms with Crippen LogP contribution in [0.25, 0.3) is 10.9 Å². The first-order valence-corrected chi connectivity index (χ1v) is 7.29. The predicted molar refractivity (Wildman–Crippen MR) is 86.0 cm³/mol. The average molecular weight is 283 g/mol. The molecule has 110 valence electrons. The minimum Gasteiger partial charge on any atom is -0.398 e. The number of nitrogen functional groups attached to an aromatic ring is 1. The summed E-state index contributed by atoms with van der Waals surface area (Å²) in [6.07, 6.45) is 3.33. The lowest BCUT2D eigenvalue weighted by molar-refractivity contribution is 0.210. The molecule has 4 nitrogen and oxygen atoms in total. The third kappa shape index (κ3) is 3.23. The molecule has 1 aromatic carbocycles. The maximum Gasteiger partial charge on any atom is 0.0726 e. The molecule has 0 atom stereocenters. The van der Waals surface area contributed by atoms with Crippen LogP contribution in [0.4, 0.5) is 5.69 Å². The number of hydrogen-bond donors (Lipinski definition) is 1. The van der Waals surface area contributed by atoms with Gasteiger partial charge >= 0.3 is 0 Å². The number of nitrogens with two attached hydrogens (primary N) is 1. The van der Waals surface area contributed by atoms with E-state index in [1.807, 2.05) is 30.3 Å². The zero-order chi connectivity index (χ0) is 14.7. The van der Waals surface area contributed by atoms with Crippen LogP contribution < -0.4 is 5.73 Å². The lowest BCUT2D eigenvalue weighted by atomic mass is 10.1. The lowest BCUT2D eigenvalue weighted by Crippen LogP contribution is -2.29. The van der Waals surface area contributed by atoms with Crippen LogP contribution >= 0.6 is 0 Å². The monoisotopic (exact) mass is 283 g/mol. The molecular formula is C17H21N3O. The van der Waals surface area contributed by atoms with Crippen LogP contribution in [0, 0.1) is 0 Å². The average Bonchev–Trinajstić information content (AvgIpc) is 2.50. The van der Waals surface area contributed by atoms with Gasteiger partial charge in [0.2, 0.25) is 0 Å². The minimum atomic E-state index is 0.745. The van der Waals surface area contributed by atoms with Crippen molar-refractivity contribution < 1.29 is 4.74 Å². The van der Waals surface area contributed by atoms with Gasteiger partial charge in [-0.25, -0.2) is 0 Å². The van der Waals surface area contributed by atoms with E-state index in [-0.39, 0.29) is 0 Å². The Morgan fingerprint density at radius 1 is 1.33 bits per heavy atom. The number of aromatic nitrogens is 1. The zero-order valence-electron chi connectivity index (χ0n) is 12.4. The molecule has 0 aliphatic carbocycles. The molecule has 3 rings (SSSR count). The predicted octanol–water partition coefficient (Wildman–Crippen LogP) is 2.60. The highest BCUT2D eigenvalue weighted by molar-refractivity contribution is 5.90. The second kappa shape index (κ2) is 6.24. The van der Waals surface area contributed by atoms with E-state index < -0.39 is 0 Å². The number of methoxy groups -OCH3 is 1. The van der Waals surface area contributed by atoms with E-state index in [4.69, 9.17) is 15.5 Å². The molecule has 2 heterocycles. The maximum absolute atomic E-state index is 6.14. The number of anilines is 1. The van der Waals surface area contributed by atoms with Crippen LogP contribution in [0.2, 0.25) is 0 Å². The molecular weight excluding hydrogens is 262 g/mol. The molecule has 0 spiro atoms. The molecule has 2 aromatic rings. The summed E-state index contributed by atoms with van der Waals surface area (Å²) in [6.45, 7) is 3.58. The Labute approximate surface area is 125 Å². The van der Waals surface area contributed by atoms with Crippen molar-refractivity contribution in [2.75, 3.05) is 32.5 Å². The highest BCUT2D eigenvalue weighted by Crippen LogP contribution is 2.21. The van der Waals surface area contributed by atoms with Gasteiger partial charge < -0.3 is 10.5 Å². The van der Waals surface area contributed by atoms with Crippen molar-refractivity contribution in [1.29, 1.82) is 0 Å². The van der Waals surface area contributed by atoms with Crippen molar-refractivity contribution in [3.8, 4) is 0 Å². The van der Waals surface area contributed by atoms with Gasteiger partial charge in [0.25, 0.3) is 0 Å². The van der Waals surface area contributed by atoms with E-state index in [1.54, 1.807) is 7.11 Å². The number of rotatable bonds is 4. The van der Waals surface area contributed by atoms with Crippen LogP contribution in [0.1, 0.15) is 12.1 Å². The van der Waals surface area contributed by atoms with Crippen molar-refractivity contribution >= 4 is 16.6 Å². The lowest BCUT2D eigenvalue weighted by Gasteiger charge is -2.26. The van der Waals surface area contributed by atoms with Gasteiger partial charge in [0, 0.05) is 37.8 Å². The molecule has 0 saturated carbocycles. The highest BCUT2D eigenvalue weighted by atomic mass is 16.5. The third-order valence-electron chi connectivity index (χ3n) is 3.90. The first kappa shape index (κ1) is 14.0. The Bertz CT molecular complexity index is 666. The molecule has 21 heavy (non-hydrogen) atoms. The Morgan fingerprint density at radius 3 is 2.95 bits per heavy atom. The van der Waals surface area contributed by atoms with E-state index in [9.17, 15) is 0 Å². The van der Waals surface area contributed by atoms with Crippen LogP contribution in [-0.4, -0.2) is 36.7 Å². The molecule has 0 saturated heterocycles. The molecule has 0 amide bonds. The summed E-state index contributed by atoms with van der Waals surface area (Å²) < 4.78 is 5.18. The summed E-state index contributed by atoms with van der Waals surface area (Å²) in [4.78, 5) is 7.10. The molecule has 0 fully saturated rings. The van der Waals surface area contributed by atoms with Crippen molar-refractivity contribution in [2.45, 2.75) is 13.0 Å². The van der Waals surface area contributed by atoms with Gasteiger partial charge in [-0.3, -0.25) is 9.88 Å². The van der Waals surface area contributed by atoms with Gasteiger partial charge in [0.15, 0.2) is 0 Å². The smallest absolute Gasteiger partial charge is 0.0726 e. The van der Waals surface area contributed by atoms with Crippen molar-refractivity contribution in [3.05, 3.63) is 47.7 Å². The standard InChI is InChI=1S/C17H21N3O/c1-21-12-13-6-8-20(9-7-13)11-14-10-16(18)15-4-2-3-5-17(15)19-14/h2-6,10H,7-9,11-12H2,1H3,(H2,18,19). The maximum atomic E-state index is 6.14. The van der Waals surface area contributed by atoms with E-state index in [2.05, 4.69) is 11.0 Å². The van der Waals surface area contributed by atoms with E-state index in [1.165, 1.54) is 5.57 Å². The summed E-state index contributed by atoms with van der Waals surface area (Å²) in [5.74, 6) is 0. The number of fused-ring (bicyclic) bond motifs is 1. The van der Waals surface area contributed by atoms with Gasteiger partial charge in [-0.2, -0.15) is 0 Å². The van der Waals surface area contributed by atoms with Gasteiger partial charge in [0.1, 0.15) is 0 Å². The Morgan fingerprint density at radius 2 is 2.19 bits per heavy atom. The first-order chi connectivity index (χ1) is 10.3. The van der Waals surface area contributed by atoms with E-state index in [0.717, 1.165) is 54.9 Å². The number of hydrogen-bond acceptors (Lipinski definition) is 4. The fourth-order valence-corrected chi connectivity index (χ4v) is 2.78. The quantitative estimate of drug-likeness (QED) is 0.876. The summed E-state index contributed by atoms with van der Waals surface area (Å²) in [5.41, 5.74) is 10.3. The van der Waals surface area contributed by atoms with Crippen LogP contribution in [-0.2, 0) is 11.3 Å². The highest BCUT2D eigenvalue weighted by Gasteiger charge is 2.13. The fourth-order valence-electron chi connectivity index (χ4n) is 2.78. The van der Waals surface area contributed by atoms with Crippen molar-refractivity contribution in [2.24, 2.45) is 0 Å². The first-order valence-electron chi connectivity index (χ1n) is 7.29. The number of pyridine rings is 1. The van der Waals surface area contributed by atoms with Crippen LogP contribution in [0.3, 0.4) is 0 Å². The number of benzene rings is 1. The second-order valence-corrected chi connectivity index (χ2v) is 5.50. The molecule has 0 unspecified atom stereocenters. The summed E-state index contributed by atoms with van der Waals surface area (Å²) in [7, 11) is 1.75. The molecule has 1 aromatic heterocycles. The van der Waals surface area contributed by atoms with Gasteiger partial charge in [-0.15, -0.1) is 0 Å². The van der Waals surface area contributed by atoms with Crippen LogP contribution in [0.15, 0.2) is 42.0 Å². The largest absolute Gasteiger partial charge is 0.398 e. The van der Waals surface area contributed by atoms with E-state index >= 15 is 0 Å². The van der Waals surface area contributed by atoms with Crippen molar-refractivity contribution in [1.82, 2.24) is 9.88 Å².